The normalized spacial score (nSPS) is 38.3. The van der Waals surface area contributed by atoms with Crippen molar-refractivity contribution < 1.29 is 48.7 Å². The van der Waals surface area contributed by atoms with Gasteiger partial charge in [0.1, 0.15) is 29.1 Å². The van der Waals surface area contributed by atoms with E-state index in [1.165, 1.54) is 54.1 Å². The lowest BCUT2D eigenvalue weighted by molar-refractivity contribution is -0.225. The summed E-state index contributed by atoms with van der Waals surface area (Å²) in [6.45, 7) is 13.4. The summed E-state index contributed by atoms with van der Waals surface area (Å²) in [4.78, 5) is 40.0. The zero-order valence-corrected chi connectivity index (χ0v) is 31.8. The van der Waals surface area contributed by atoms with Crippen molar-refractivity contribution in [2.75, 3.05) is 0 Å². The Morgan fingerprint density at radius 3 is 1.79 bits per heavy atom. The molecule has 2 aromatic rings. The van der Waals surface area contributed by atoms with Gasteiger partial charge in [-0.15, -0.1) is 0 Å². The number of rotatable bonds is 5. The van der Waals surface area contributed by atoms with Gasteiger partial charge in [-0.25, -0.2) is 9.59 Å². The molecular weight excluding hydrogens is 676 g/mol. The van der Waals surface area contributed by atoms with Crippen molar-refractivity contribution >= 4 is 18.3 Å². The first kappa shape index (κ1) is 37.1. The molecule has 0 amide bonds. The molecule has 0 spiro atoms. The van der Waals surface area contributed by atoms with Crippen molar-refractivity contribution in [3.8, 4) is 23.0 Å². The fourth-order valence-electron chi connectivity index (χ4n) is 12.4. The van der Waals surface area contributed by atoms with Crippen LogP contribution >= 0.6 is 0 Å². The number of carboxylic acids is 1. The largest absolute Gasteiger partial charge is 0.514 e. The van der Waals surface area contributed by atoms with Crippen LogP contribution in [-0.2, 0) is 14.3 Å². The van der Waals surface area contributed by atoms with Gasteiger partial charge in [-0.05, 0) is 153 Å². The standard InChI is InChI=1S/C43H54O10/c1-38(2)23-24-43(35(46)47)22-17-31-39(3)20-16-32-40(4,30(39)15-19-41(31,5)33(43)25-38)21-18-34(52-36(48)50-28-11-7-26(44)8-12-28)42(32,6)53-37(49)51-29-13-9-27(45)10-14-29/h7-14,17,30,32-34,44-45H,15-16,18-25H2,1-6H3,(H,46,47). The second-order valence-corrected chi connectivity index (χ2v) is 18.4. The van der Waals surface area contributed by atoms with Gasteiger partial charge in [-0.3, -0.25) is 4.79 Å². The maximum Gasteiger partial charge on any atom is 0.514 e. The number of hydrogen-bond acceptors (Lipinski definition) is 9. The maximum absolute atomic E-state index is 13.6. The number of allylic oxidation sites excluding steroid dienone is 2. The minimum absolute atomic E-state index is 0.0316. The number of phenolic OH excluding ortho intramolecular Hbond substituents is 2. The highest BCUT2D eigenvalue weighted by Crippen LogP contribution is 2.74. The first-order valence-corrected chi connectivity index (χ1v) is 19.2. The summed E-state index contributed by atoms with van der Waals surface area (Å²) >= 11 is 0. The number of carboxylic acid groups (broad SMARTS) is 1. The summed E-state index contributed by atoms with van der Waals surface area (Å²) < 4.78 is 23.4. The molecule has 0 aromatic heterocycles. The molecule has 10 heteroatoms. The number of carbonyl (C=O) groups is 3. The summed E-state index contributed by atoms with van der Waals surface area (Å²) in [5.74, 6) is -0.137. The van der Waals surface area contributed by atoms with E-state index < -0.39 is 35.4 Å². The highest BCUT2D eigenvalue weighted by atomic mass is 16.8. The van der Waals surface area contributed by atoms with Crippen molar-refractivity contribution in [1.82, 2.24) is 0 Å². The molecular formula is C43H54O10. The van der Waals surface area contributed by atoms with Gasteiger partial charge >= 0.3 is 18.3 Å². The molecule has 9 unspecified atom stereocenters. The summed E-state index contributed by atoms with van der Waals surface area (Å²) in [6.07, 6.45) is 7.09. The second kappa shape index (κ2) is 12.7. The van der Waals surface area contributed by atoms with Crippen LogP contribution < -0.4 is 9.47 Å². The molecule has 9 atom stereocenters. The summed E-state index contributed by atoms with van der Waals surface area (Å²) in [7, 11) is 0. The minimum Gasteiger partial charge on any atom is -0.508 e. The zero-order valence-electron chi connectivity index (χ0n) is 31.8. The number of aliphatic carboxylic acids is 1. The average molecular weight is 731 g/mol. The lowest BCUT2D eigenvalue weighted by Gasteiger charge is -2.69. The summed E-state index contributed by atoms with van der Waals surface area (Å²) in [6, 6.07) is 11.5. The number of benzene rings is 2. The van der Waals surface area contributed by atoms with Crippen LogP contribution in [0.25, 0.3) is 0 Å². The van der Waals surface area contributed by atoms with Gasteiger partial charge in [0.05, 0.1) is 5.41 Å². The third-order valence-corrected chi connectivity index (χ3v) is 14.9. The molecule has 0 heterocycles. The predicted octanol–water partition coefficient (Wildman–Crippen LogP) is 9.82. The topological polar surface area (TPSA) is 149 Å². The van der Waals surface area contributed by atoms with Crippen LogP contribution in [0.15, 0.2) is 60.2 Å². The van der Waals surface area contributed by atoms with Crippen LogP contribution in [0.2, 0.25) is 0 Å². The van der Waals surface area contributed by atoms with Crippen molar-refractivity contribution in [3.63, 3.8) is 0 Å². The fourth-order valence-corrected chi connectivity index (χ4v) is 12.4. The lowest BCUT2D eigenvalue weighted by atomic mass is 9.35. The van der Waals surface area contributed by atoms with E-state index in [0.717, 1.165) is 38.5 Å². The predicted molar refractivity (Wildman–Crippen MR) is 196 cm³/mol. The molecule has 10 nitrogen and oxygen atoms in total. The van der Waals surface area contributed by atoms with E-state index in [1.807, 2.05) is 6.92 Å². The fraction of sp³-hybridized carbons (Fsp3) is 0.605. The molecule has 0 saturated heterocycles. The molecule has 5 aliphatic rings. The highest BCUT2D eigenvalue weighted by Gasteiger charge is 2.70. The first-order chi connectivity index (χ1) is 24.8. The summed E-state index contributed by atoms with van der Waals surface area (Å²) in [5, 5.41) is 30.2. The SMILES string of the molecule is CC1(C)CCC2(C(=O)O)CC=C3C(C)(CCC4C3(C)CCC3C4(C)CCC(OC(=O)Oc4ccc(O)cc4)C3(C)OC(=O)Oc3ccc(O)cc3)C2C1. The monoisotopic (exact) mass is 730 g/mol. The number of aromatic hydroxyl groups is 2. The van der Waals surface area contributed by atoms with E-state index in [2.05, 4.69) is 40.7 Å². The Labute approximate surface area is 311 Å². The van der Waals surface area contributed by atoms with Gasteiger partial charge < -0.3 is 34.3 Å². The van der Waals surface area contributed by atoms with Gasteiger partial charge in [0.15, 0.2) is 5.60 Å². The molecule has 0 aliphatic heterocycles. The Bertz CT molecular complexity index is 1800. The van der Waals surface area contributed by atoms with Crippen LogP contribution in [0.1, 0.15) is 106 Å². The third-order valence-electron chi connectivity index (χ3n) is 14.9. The van der Waals surface area contributed by atoms with Gasteiger partial charge in [-0.1, -0.05) is 46.3 Å². The van der Waals surface area contributed by atoms with Gasteiger partial charge in [0.25, 0.3) is 0 Å². The van der Waals surface area contributed by atoms with Crippen LogP contribution in [-0.4, -0.2) is 45.3 Å². The van der Waals surface area contributed by atoms with Crippen LogP contribution in [0, 0.1) is 44.8 Å². The summed E-state index contributed by atoms with van der Waals surface area (Å²) in [5.41, 5.74) is -1.30. The van der Waals surface area contributed by atoms with E-state index in [9.17, 15) is 29.7 Å². The van der Waals surface area contributed by atoms with Gasteiger partial charge in [0, 0.05) is 5.92 Å². The Morgan fingerprint density at radius 1 is 0.660 bits per heavy atom. The Balaban J connectivity index is 1.21. The molecule has 4 fully saturated rings. The molecule has 0 bridgehead atoms. The molecule has 53 heavy (non-hydrogen) atoms. The molecule has 4 saturated carbocycles. The van der Waals surface area contributed by atoms with E-state index in [-0.39, 0.29) is 62.4 Å². The van der Waals surface area contributed by atoms with E-state index in [4.69, 9.17) is 18.9 Å². The van der Waals surface area contributed by atoms with E-state index >= 15 is 0 Å². The van der Waals surface area contributed by atoms with E-state index in [0.29, 0.717) is 25.7 Å². The number of fused-ring (bicyclic) bond motifs is 7. The third kappa shape index (κ3) is 6.04. The highest BCUT2D eigenvalue weighted by molar-refractivity contribution is 5.76. The van der Waals surface area contributed by atoms with E-state index in [1.54, 1.807) is 0 Å². The minimum atomic E-state index is -1.29. The molecule has 286 valence electrons. The molecule has 7 rings (SSSR count). The van der Waals surface area contributed by atoms with Gasteiger partial charge in [-0.2, -0.15) is 0 Å². The van der Waals surface area contributed by atoms with Crippen molar-refractivity contribution in [1.29, 1.82) is 0 Å². The van der Waals surface area contributed by atoms with Crippen molar-refractivity contribution in [3.05, 3.63) is 60.2 Å². The number of phenols is 2. The maximum atomic E-state index is 13.6. The average Bonchev–Trinajstić information content (AvgIpc) is 3.08. The lowest BCUT2D eigenvalue weighted by Crippen LogP contribution is -2.67. The van der Waals surface area contributed by atoms with Crippen LogP contribution in [0.3, 0.4) is 0 Å². The Kier molecular flexibility index (Phi) is 8.89. The first-order valence-electron chi connectivity index (χ1n) is 19.2. The number of hydrogen-bond donors (Lipinski definition) is 3. The van der Waals surface area contributed by atoms with Crippen molar-refractivity contribution in [2.45, 2.75) is 117 Å². The number of ether oxygens (including phenoxy) is 4. The second-order valence-electron chi connectivity index (χ2n) is 18.4. The molecule has 3 N–H and O–H groups in total. The Hall–Kier alpha value is -4.21. The van der Waals surface area contributed by atoms with Crippen molar-refractivity contribution in [2.24, 2.45) is 44.8 Å². The smallest absolute Gasteiger partial charge is 0.508 e. The van der Waals surface area contributed by atoms with Crippen LogP contribution in [0.5, 0.6) is 23.0 Å². The Morgan fingerprint density at radius 2 is 1.21 bits per heavy atom. The molecule has 5 aliphatic carbocycles. The number of carbonyl (C=O) groups excluding carboxylic acids is 2. The van der Waals surface area contributed by atoms with Crippen LogP contribution in [0.4, 0.5) is 9.59 Å². The quantitative estimate of drug-likeness (QED) is 0.154. The molecule has 2 aromatic carbocycles. The van der Waals surface area contributed by atoms with Gasteiger partial charge in [0.2, 0.25) is 0 Å². The molecule has 0 radical (unpaired) electrons. The zero-order chi connectivity index (χ0) is 38.2.